The van der Waals surface area contributed by atoms with Gasteiger partial charge in [-0.2, -0.15) is 0 Å². The summed E-state index contributed by atoms with van der Waals surface area (Å²) in [6.07, 6.45) is 0. The van der Waals surface area contributed by atoms with Crippen LogP contribution in [0.5, 0.6) is 0 Å². The molecule has 1 aromatic rings. The SMILES string of the molecule is COC(=O)c1sccc1C(C)I. The number of carbonyl (C=O) groups excluding carboxylic acids is 1. The van der Waals surface area contributed by atoms with Gasteiger partial charge in [0, 0.05) is 3.92 Å². The molecule has 0 radical (unpaired) electrons. The van der Waals surface area contributed by atoms with E-state index >= 15 is 0 Å². The third kappa shape index (κ3) is 1.98. The van der Waals surface area contributed by atoms with Crippen LogP contribution in [0.4, 0.5) is 0 Å². The monoisotopic (exact) mass is 296 g/mol. The third-order valence-electron chi connectivity index (χ3n) is 1.50. The maximum atomic E-state index is 11.2. The standard InChI is InChI=1S/C8H9IO2S/c1-5(9)6-3-4-12-7(6)8(10)11-2/h3-5H,1-2H3. The number of methoxy groups -OCH3 is 1. The number of esters is 1. The summed E-state index contributed by atoms with van der Waals surface area (Å²) < 4.78 is 5.00. The Kier molecular flexibility index (Phi) is 3.52. The van der Waals surface area contributed by atoms with Crippen LogP contribution in [0, 0.1) is 0 Å². The Morgan fingerprint density at radius 3 is 2.92 bits per heavy atom. The lowest BCUT2D eigenvalue weighted by atomic mass is 10.2. The summed E-state index contributed by atoms with van der Waals surface area (Å²) >= 11 is 3.71. The molecule has 0 aromatic carbocycles. The molecule has 0 saturated heterocycles. The highest BCUT2D eigenvalue weighted by Gasteiger charge is 2.15. The van der Waals surface area contributed by atoms with Crippen molar-refractivity contribution in [2.45, 2.75) is 10.8 Å². The van der Waals surface area contributed by atoms with Crippen molar-refractivity contribution in [1.29, 1.82) is 0 Å². The number of hydrogen-bond acceptors (Lipinski definition) is 3. The molecule has 12 heavy (non-hydrogen) atoms. The van der Waals surface area contributed by atoms with Gasteiger partial charge in [-0.25, -0.2) is 4.79 Å². The third-order valence-corrected chi connectivity index (χ3v) is 3.08. The molecule has 1 aromatic heterocycles. The number of ether oxygens (including phenoxy) is 1. The first-order valence-corrected chi connectivity index (χ1v) is 5.59. The van der Waals surface area contributed by atoms with Crippen LogP contribution in [0.3, 0.4) is 0 Å². The summed E-state index contributed by atoms with van der Waals surface area (Å²) in [5, 5.41) is 1.91. The van der Waals surface area contributed by atoms with Crippen LogP contribution in [0.25, 0.3) is 0 Å². The van der Waals surface area contributed by atoms with Crippen molar-refractivity contribution < 1.29 is 9.53 Å². The molecule has 1 atom stereocenters. The van der Waals surface area contributed by atoms with Gasteiger partial charge in [0.2, 0.25) is 0 Å². The van der Waals surface area contributed by atoms with E-state index in [-0.39, 0.29) is 5.97 Å². The molecule has 0 bridgehead atoms. The van der Waals surface area contributed by atoms with Crippen LogP contribution in [-0.2, 0) is 4.74 Å². The Morgan fingerprint density at radius 1 is 1.75 bits per heavy atom. The fourth-order valence-corrected chi connectivity index (χ4v) is 2.53. The molecule has 4 heteroatoms. The van der Waals surface area contributed by atoms with Crippen molar-refractivity contribution in [3.8, 4) is 0 Å². The van der Waals surface area contributed by atoms with E-state index in [2.05, 4.69) is 34.3 Å². The smallest absolute Gasteiger partial charge is 0.348 e. The maximum absolute atomic E-state index is 11.2. The molecule has 0 N–H and O–H groups in total. The number of alkyl halides is 1. The summed E-state index contributed by atoms with van der Waals surface area (Å²) in [6, 6.07) is 1.97. The minimum absolute atomic E-state index is 0.233. The van der Waals surface area contributed by atoms with Gasteiger partial charge in [-0.05, 0) is 23.9 Å². The first-order valence-electron chi connectivity index (χ1n) is 3.46. The van der Waals surface area contributed by atoms with Gasteiger partial charge in [-0.3, -0.25) is 0 Å². The summed E-state index contributed by atoms with van der Waals surface area (Å²) in [5.74, 6) is -0.233. The first kappa shape index (κ1) is 9.98. The van der Waals surface area contributed by atoms with Gasteiger partial charge < -0.3 is 4.74 Å². The minimum atomic E-state index is -0.233. The van der Waals surface area contributed by atoms with Gasteiger partial charge in [-0.15, -0.1) is 11.3 Å². The lowest BCUT2D eigenvalue weighted by molar-refractivity contribution is 0.0605. The van der Waals surface area contributed by atoms with Crippen LogP contribution >= 0.6 is 33.9 Å². The Labute approximate surface area is 89.1 Å². The second-order valence-corrected chi connectivity index (χ2v) is 5.10. The van der Waals surface area contributed by atoms with Crippen LogP contribution in [0.1, 0.15) is 26.1 Å². The molecule has 66 valence electrons. The zero-order valence-corrected chi connectivity index (χ0v) is 9.81. The number of halogens is 1. The van der Waals surface area contributed by atoms with E-state index < -0.39 is 0 Å². The van der Waals surface area contributed by atoms with Crippen molar-refractivity contribution in [2.75, 3.05) is 7.11 Å². The van der Waals surface area contributed by atoms with E-state index in [0.29, 0.717) is 3.92 Å². The van der Waals surface area contributed by atoms with Crippen LogP contribution in [0.15, 0.2) is 11.4 Å². The normalized spacial score (nSPS) is 12.6. The highest BCUT2D eigenvalue weighted by molar-refractivity contribution is 14.1. The van der Waals surface area contributed by atoms with Gasteiger partial charge >= 0.3 is 5.97 Å². The summed E-state index contributed by atoms with van der Waals surface area (Å²) in [4.78, 5) is 11.9. The van der Waals surface area contributed by atoms with Crippen LogP contribution in [-0.4, -0.2) is 13.1 Å². The molecular formula is C8H9IO2S. The van der Waals surface area contributed by atoms with Gasteiger partial charge in [0.05, 0.1) is 7.11 Å². The molecule has 0 amide bonds. The maximum Gasteiger partial charge on any atom is 0.348 e. The number of thiophene rings is 1. The summed E-state index contributed by atoms with van der Waals surface area (Å²) in [7, 11) is 1.41. The van der Waals surface area contributed by atoms with E-state index in [4.69, 9.17) is 0 Å². The molecule has 1 rings (SSSR count). The predicted molar refractivity (Wildman–Crippen MR) is 58.1 cm³/mol. The zero-order chi connectivity index (χ0) is 9.14. The molecule has 0 saturated carbocycles. The molecule has 1 unspecified atom stereocenters. The van der Waals surface area contributed by atoms with Crippen molar-refractivity contribution in [1.82, 2.24) is 0 Å². The highest BCUT2D eigenvalue weighted by Crippen LogP contribution is 2.29. The lowest BCUT2D eigenvalue weighted by Gasteiger charge is -2.02. The fraction of sp³-hybridized carbons (Fsp3) is 0.375. The van der Waals surface area contributed by atoms with E-state index in [9.17, 15) is 4.79 Å². The van der Waals surface area contributed by atoms with Crippen LogP contribution < -0.4 is 0 Å². The zero-order valence-electron chi connectivity index (χ0n) is 6.83. The quantitative estimate of drug-likeness (QED) is 0.476. The summed E-state index contributed by atoms with van der Waals surface area (Å²) in [5.41, 5.74) is 1.06. The molecule has 0 aliphatic carbocycles. The second kappa shape index (κ2) is 4.23. The molecular weight excluding hydrogens is 287 g/mol. The molecule has 1 heterocycles. The van der Waals surface area contributed by atoms with Gasteiger partial charge in [0.15, 0.2) is 0 Å². The van der Waals surface area contributed by atoms with E-state index in [1.807, 2.05) is 11.4 Å². The molecule has 2 nitrogen and oxygen atoms in total. The Bertz CT molecular complexity index is 280. The van der Waals surface area contributed by atoms with Crippen molar-refractivity contribution in [2.24, 2.45) is 0 Å². The fourth-order valence-electron chi connectivity index (χ4n) is 0.891. The second-order valence-electron chi connectivity index (χ2n) is 2.31. The number of rotatable bonds is 2. The lowest BCUT2D eigenvalue weighted by Crippen LogP contribution is -2.01. The Balaban J connectivity index is 2.99. The van der Waals surface area contributed by atoms with Crippen molar-refractivity contribution in [3.05, 3.63) is 21.9 Å². The first-order chi connectivity index (χ1) is 5.66. The predicted octanol–water partition coefficient (Wildman–Crippen LogP) is 3.03. The minimum Gasteiger partial charge on any atom is -0.465 e. The van der Waals surface area contributed by atoms with E-state index in [0.717, 1.165) is 10.4 Å². The van der Waals surface area contributed by atoms with Gasteiger partial charge in [0.25, 0.3) is 0 Å². The van der Waals surface area contributed by atoms with Gasteiger partial charge in [0.1, 0.15) is 4.88 Å². The van der Waals surface area contributed by atoms with E-state index in [1.54, 1.807) is 0 Å². The molecule has 0 aliphatic rings. The average Bonchev–Trinajstić information content (AvgIpc) is 2.50. The Morgan fingerprint density at radius 2 is 2.42 bits per heavy atom. The topological polar surface area (TPSA) is 26.3 Å². The number of hydrogen-bond donors (Lipinski definition) is 0. The van der Waals surface area contributed by atoms with Crippen LogP contribution in [0.2, 0.25) is 0 Å². The van der Waals surface area contributed by atoms with Crippen molar-refractivity contribution >= 4 is 39.9 Å². The highest BCUT2D eigenvalue weighted by atomic mass is 127. The number of carbonyl (C=O) groups is 1. The largest absolute Gasteiger partial charge is 0.465 e. The molecule has 0 aliphatic heterocycles. The van der Waals surface area contributed by atoms with Gasteiger partial charge in [-0.1, -0.05) is 22.6 Å². The average molecular weight is 296 g/mol. The summed E-state index contributed by atoms with van der Waals surface area (Å²) in [6.45, 7) is 2.05. The van der Waals surface area contributed by atoms with Crippen molar-refractivity contribution in [3.63, 3.8) is 0 Å². The Hall–Kier alpha value is -0.100. The van der Waals surface area contributed by atoms with E-state index in [1.165, 1.54) is 18.4 Å². The molecule has 0 spiro atoms. The molecule has 0 fully saturated rings.